The lowest BCUT2D eigenvalue weighted by Crippen LogP contribution is -2.17. The van der Waals surface area contributed by atoms with E-state index in [1.54, 1.807) is 25.1 Å². The highest BCUT2D eigenvalue weighted by molar-refractivity contribution is 7.86. The largest absolute Gasteiger partial charge is 0.461 e. The number of benzene rings is 2. The van der Waals surface area contributed by atoms with E-state index in [0.29, 0.717) is 0 Å². The Hall–Kier alpha value is -2.93. The first-order valence-corrected chi connectivity index (χ1v) is 9.32. The minimum atomic E-state index is -4.13. The van der Waals surface area contributed by atoms with Crippen LogP contribution in [0.1, 0.15) is 18.1 Å². The van der Waals surface area contributed by atoms with Crippen LogP contribution in [0.15, 0.2) is 70.7 Å². The Morgan fingerprint density at radius 3 is 2.35 bits per heavy atom. The first-order valence-electron chi connectivity index (χ1n) is 7.91. The first kappa shape index (κ1) is 19.4. The van der Waals surface area contributed by atoms with Crippen LogP contribution >= 0.6 is 0 Å². The second kappa shape index (κ2) is 8.96. The van der Waals surface area contributed by atoms with Gasteiger partial charge in [-0.1, -0.05) is 59.3 Å². The number of nitrogens with zero attached hydrogens (tertiary/aromatic N) is 1. The van der Waals surface area contributed by atoms with Crippen molar-refractivity contribution < 1.29 is 22.2 Å². The highest BCUT2D eigenvalue weighted by atomic mass is 32.2. The topological polar surface area (TPSA) is 82.0 Å². The van der Waals surface area contributed by atoms with Crippen molar-refractivity contribution in [1.29, 1.82) is 0 Å². The second-order valence-corrected chi connectivity index (χ2v) is 6.81. The molecule has 0 saturated heterocycles. The maximum atomic E-state index is 12.2. The van der Waals surface area contributed by atoms with Crippen molar-refractivity contribution in [2.45, 2.75) is 18.7 Å². The molecule has 0 heterocycles. The number of ether oxygens (including phenoxy) is 1. The Bertz CT molecular complexity index is 901. The maximum Gasteiger partial charge on any atom is 0.360 e. The van der Waals surface area contributed by atoms with Crippen molar-refractivity contribution in [3.63, 3.8) is 0 Å². The zero-order valence-corrected chi connectivity index (χ0v) is 15.3. The Labute approximate surface area is 152 Å². The van der Waals surface area contributed by atoms with Crippen LogP contribution in [0.2, 0.25) is 0 Å². The van der Waals surface area contributed by atoms with Gasteiger partial charge in [0.2, 0.25) is 0 Å². The molecule has 0 atom stereocenters. The molecular weight excluding hydrogens is 354 g/mol. The number of carbonyl (C=O) groups excluding carboxylic acids is 1. The lowest BCUT2D eigenvalue weighted by Gasteiger charge is -2.04. The minimum absolute atomic E-state index is 0.0536. The van der Waals surface area contributed by atoms with Gasteiger partial charge in [0.05, 0.1) is 6.61 Å². The molecule has 0 saturated carbocycles. The molecule has 0 spiro atoms. The molecule has 2 aromatic carbocycles. The third-order valence-corrected chi connectivity index (χ3v) is 4.38. The summed E-state index contributed by atoms with van der Waals surface area (Å²) in [7, 11) is -4.13. The summed E-state index contributed by atoms with van der Waals surface area (Å²) in [6.45, 7) is 3.60. The standard InChI is InChI=1S/C19H19NO5S/c1-3-24-19(21)18(14-11-16-7-5-4-6-8-16)20-25-26(22,23)17-12-9-15(2)10-13-17/h4-14H,3H2,1-2H3/b14-11+,20-18-. The molecule has 0 aliphatic rings. The van der Waals surface area contributed by atoms with Gasteiger partial charge in [-0.3, -0.25) is 4.28 Å². The fraction of sp³-hybridized carbons (Fsp3) is 0.158. The molecule has 2 aromatic rings. The van der Waals surface area contributed by atoms with Crippen LogP contribution in [0, 0.1) is 6.92 Å². The third kappa shape index (κ3) is 5.56. The van der Waals surface area contributed by atoms with Gasteiger partial charge in [-0.25, -0.2) is 4.79 Å². The molecule has 0 aliphatic heterocycles. The molecule has 0 aromatic heterocycles. The van der Waals surface area contributed by atoms with E-state index in [0.717, 1.165) is 11.1 Å². The van der Waals surface area contributed by atoms with Gasteiger partial charge in [-0.15, -0.1) is 0 Å². The summed E-state index contributed by atoms with van der Waals surface area (Å²) in [6.07, 6.45) is 2.95. The van der Waals surface area contributed by atoms with E-state index in [9.17, 15) is 13.2 Å². The van der Waals surface area contributed by atoms with Crippen molar-refractivity contribution in [1.82, 2.24) is 0 Å². The van der Waals surface area contributed by atoms with E-state index >= 15 is 0 Å². The maximum absolute atomic E-state index is 12.2. The first-order chi connectivity index (χ1) is 12.4. The van der Waals surface area contributed by atoms with Gasteiger partial charge in [0.25, 0.3) is 0 Å². The van der Waals surface area contributed by atoms with Crippen LogP contribution in [0.5, 0.6) is 0 Å². The highest BCUT2D eigenvalue weighted by Gasteiger charge is 2.18. The highest BCUT2D eigenvalue weighted by Crippen LogP contribution is 2.14. The minimum Gasteiger partial charge on any atom is -0.461 e. The van der Waals surface area contributed by atoms with Gasteiger partial charge in [0, 0.05) is 0 Å². The molecule has 0 N–H and O–H groups in total. The van der Waals surface area contributed by atoms with E-state index < -0.39 is 16.1 Å². The molecular formula is C19H19NO5S. The van der Waals surface area contributed by atoms with Crippen LogP contribution < -0.4 is 0 Å². The Balaban J connectivity index is 2.25. The second-order valence-electron chi connectivity index (χ2n) is 5.28. The molecule has 0 fully saturated rings. The number of hydrogen-bond acceptors (Lipinski definition) is 6. The predicted molar refractivity (Wildman–Crippen MR) is 99.0 cm³/mol. The molecule has 0 unspecified atom stereocenters. The monoisotopic (exact) mass is 373 g/mol. The van der Waals surface area contributed by atoms with Gasteiger partial charge in [-0.2, -0.15) is 8.42 Å². The number of oxime groups is 1. The summed E-state index contributed by atoms with van der Waals surface area (Å²) in [5.41, 5.74) is 1.46. The zero-order valence-electron chi connectivity index (χ0n) is 14.5. The number of aryl methyl sites for hydroxylation is 1. The summed E-state index contributed by atoms with van der Waals surface area (Å²) in [5, 5.41) is 3.50. The van der Waals surface area contributed by atoms with E-state index in [1.807, 2.05) is 37.3 Å². The van der Waals surface area contributed by atoms with Crippen molar-refractivity contribution in [3.8, 4) is 0 Å². The van der Waals surface area contributed by atoms with Crippen LogP contribution in [-0.2, 0) is 23.9 Å². The summed E-state index contributed by atoms with van der Waals surface area (Å²) in [6, 6.07) is 15.3. The van der Waals surface area contributed by atoms with Crippen molar-refractivity contribution in [2.75, 3.05) is 6.61 Å². The quantitative estimate of drug-likeness (QED) is 0.422. The van der Waals surface area contributed by atoms with E-state index in [-0.39, 0.29) is 17.2 Å². The van der Waals surface area contributed by atoms with Gasteiger partial charge in [0.15, 0.2) is 5.71 Å². The molecule has 0 amide bonds. The molecule has 0 bridgehead atoms. The fourth-order valence-electron chi connectivity index (χ4n) is 1.92. The SMILES string of the molecule is CCOC(=O)C(/C=C/c1ccccc1)=N\OS(=O)(=O)c1ccc(C)cc1. The van der Waals surface area contributed by atoms with Crippen molar-refractivity contribution >= 4 is 27.9 Å². The molecule has 6 nitrogen and oxygen atoms in total. The van der Waals surface area contributed by atoms with Gasteiger partial charge < -0.3 is 4.74 Å². The number of hydrogen-bond donors (Lipinski definition) is 0. The third-order valence-electron chi connectivity index (χ3n) is 3.26. The molecule has 136 valence electrons. The molecule has 2 rings (SSSR count). The Morgan fingerprint density at radius 2 is 1.73 bits per heavy atom. The number of carbonyl (C=O) groups is 1. The smallest absolute Gasteiger partial charge is 0.360 e. The van der Waals surface area contributed by atoms with Crippen molar-refractivity contribution in [3.05, 3.63) is 71.8 Å². The van der Waals surface area contributed by atoms with Crippen LogP contribution in [0.4, 0.5) is 0 Å². The summed E-state index contributed by atoms with van der Waals surface area (Å²) in [4.78, 5) is 11.9. The number of esters is 1. The van der Waals surface area contributed by atoms with Crippen molar-refractivity contribution in [2.24, 2.45) is 5.16 Å². The van der Waals surface area contributed by atoms with Gasteiger partial charge >= 0.3 is 16.1 Å². The van der Waals surface area contributed by atoms with Crippen LogP contribution in [-0.4, -0.2) is 26.7 Å². The normalized spacial score (nSPS) is 12.2. The summed E-state index contributed by atoms with van der Waals surface area (Å²) < 4.78 is 34.0. The van der Waals surface area contributed by atoms with Crippen LogP contribution in [0.3, 0.4) is 0 Å². The summed E-state index contributed by atoms with van der Waals surface area (Å²) in [5.74, 6) is -0.779. The van der Waals surface area contributed by atoms with Gasteiger partial charge in [-0.05, 0) is 37.6 Å². The predicted octanol–water partition coefficient (Wildman–Crippen LogP) is 3.33. The number of rotatable bonds is 7. The Kier molecular flexibility index (Phi) is 6.68. The van der Waals surface area contributed by atoms with Crippen LogP contribution in [0.25, 0.3) is 6.08 Å². The van der Waals surface area contributed by atoms with E-state index in [2.05, 4.69) is 9.44 Å². The average Bonchev–Trinajstić information content (AvgIpc) is 2.63. The molecule has 7 heteroatoms. The molecule has 0 radical (unpaired) electrons. The van der Waals surface area contributed by atoms with Gasteiger partial charge in [0.1, 0.15) is 4.90 Å². The van der Waals surface area contributed by atoms with E-state index in [1.165, 1.54) is 18.2 Å². The summed E-state index contributed by atoms with van der Waals surface area (Å²) >= 11 is 0. The van der Waals surface area contributed by atoms with E-state index in [4.69, 9.17) is 4.74 Å². The fourth-order valence-corrected chi connectivity index (χ4v) is 2.65. The lowest BCUT2D eigenvalue weighted by atomic mass is 10.2. The molecule has 0 aliphatic carbocycles. The zero-order chi connectivity index (χ0) is 19.0. The Morgan fingerprint density at radius 1 is 1.08 bits per heavy atom. The average molecular weight is 373 g/mol. The lowest BCUT2D eigenvalue weighted by molar-refractivity contribution is -0.135. The molecule has 26 heavy (non-hydrogen) atoms.